The smallest absolute Gasteiger partial charge is 0.250 e. The number of pyridine rings is 1. The zero-order chi connectivity index (χ0) is 14.8. The molecule has 0 aromatic carbocycles. The van der Waals surface area contributed by atoms with Crippen LogP contribution in [0.25, 0.3) is 0 Å². The van der Waals surface area contributed by atoms with E-state index in [0.29, 0.717) is 13.2 Å². The van der Waals surface area contributed by atoms with Gasteiger partial charge < -0.3 is 9.30 Å². The number of nitrogens with zero attached hydrogens (tertiary/aromatic N) is 2. The minimum absolute atomic E-state index is 0.0150. The van der Waals surface area contributed by atoms with Gasteiger partial charge in [-0.2, -0.15) is 0 Å². The van der Waals surface area contributed by atoms with Crippen molar-refractivity contribution in [3.63, 3.8) is 0 Å². The van der Waals surface area contributed by atoms with Crippen molar-refractivity contribution in [2.24, 2.45) is 0 Å². The van der Waals surface area contributed by atoms with E-state index in [0.717, 1.165) is 23.6 Å². The van der Waals surface area contributed by atoms with Gasteiger partial charge in [0.15, 0.2) is 0 Å². The van der Waals surface area contributed by atoms with Crippen LogP contribution in [0.5, 0.6) is 0 Å². The number of aromatic nitrogens is 1. The first kappa shape index (κ1) is 15.2. The van der Waals surface area contributed by atoms with Gasteiger partial charge in [0.05, 0.1) is 17.5 Å². The van der Waals surface area contributed by atoms with Gasteiger partial charge in [-0.3, -0.25) is 4.79 Å². The van der Waals surface area contributed by atoms with Crippen LogP contribution in [-0.4, -0.2) is 44.1 Å². The van der Waals surface area contributed by atoms with Gasteiger partial charge in [-0.1, -0.05) is 0 Å². The van der Waals surface area contributed by atoms with Crippen LogP contribution in [-0.2, 0) is 21.3 Å². The number of rotatable bonds is 4. The summed E-state index contributed by atoms with van der Waals surface area (Å²) in [7, 11) is -0.590. The monoisotopic (exact) mass is 300 g/mol. The second-order valence-electron chi connectivity index (χ2n) is 5.13. The van der Waals surface area contributed by atoms with E-state index in [2.05, 4.69) is 0 Å². The molecular weight excluding hydrogens is 280 g/mol. The Balaban J connectivity index is 2.27. The molecule has 6 nitrogen and oxygen atoms in total. The Kier molecular flexibility index (Phi) is 4.62. The lowest BCUT2D eigenvalue weighted by Crippen LogP contribution is -2.31. The third-order valence-corrected chi connectivity index (χ3v) is 5.21. The second kappa shape index (κ2) is 6.07. The van der Waals surface area contributed by atoms with Crippen LogP contribution in [0.4, 0.5) is 0 Å². The van der Waals surface area contributed by atoms with E-state index in [-0.39, 0.29) is 16.6 Å². The van der Waals surface area contributed by atoms with Crippen LogP contribution in [0.2, 0.25) is 0 Å². The van der Waals surface area contributed by atoms with Crippen molar-refractivity contribution in [3.8, 4) is 0 Å². The van der Waals surface area contributed by atoms with E-state index in [9.17, 15) is 13.2 Å². The van der Waals surface area contributed by atoms with Crippen molar-refractivity contribution in [2.45, 2.75) is 36.8 Å². The molecular formula is C13H20N2O4S. The van der Waals surface area contributed by atoms with E-state index < -0.39 is 10.0 Å². The fourth-order valence-electron chi connectivity index (χ4n) is 2.19. The molecule has 1 saturated heterocycles. The number of ether oxygens (including phenoxy) is 1. The summed E-state index contributed by atoms with van der Waals surface area (Å²) in [6.07, 6.45) is 4.40. The maximum Gasteiger partial charge on any atom is 0.250 e. The quantitative estimate of drug-likeness (QED) is 0.819. The maximum absolute atomic E-state index is 12.1. The summed E-state index contributed by atoms with van der Waals surface area (Å²) in [5, 5.41) is 0. The molecule has 1 aromatic rings. The Bertz CT molecular complexity index is 616. The molecule has 1 aromatic heterocycles. The highest BCUT2D eigenvalue weighted by Crippen LogP contribution is 2.15. The van der Waals surface area contributed by atoms with E-state index >= 15 is 0 Å². The predicted octanol–water partition coefficient (Wildman–Crippen LogP) is 0.668. The Labute approximate surface area is 119 Å². The average Bonchev–Trinajstić information content (AvgIpc) is 2.42. The molecule has 0 spiro atoms. The molecule has 1 atom stereocenters. The van der Waals surface area contributed by atoms with Crippen molar-refractivity contribution in [1.82, 2.24) is 8.87 Å². The molecule has 0 saturated carbocycles. The lowest BCUT2D eigenvalue weighted by molar-refractivity contribution is 0.00531. The highest BCUT2D eigenvalue weighted by atomic mass is 32.2. The molecule has 0 N–H and O–H groups in total. The molecule has 0 unspecified atom stereocenters. The molecule has 2 heterocycles. The summed E-state index contributed by atoms with van der Waals surface area (Å²) in [6, 6.07) is 2.63. The Morgan fingerprint density at radius 2 is 2.10 bits per heavy atom. The highest BCUT2D eigenvalue weighted by Gasteiger charge is 2.20. The topological polar surface area (TPSA) is 68.6 Å². The molecule has 0 aliphatic carbocycles. The minimum Gasteiger partial charge on any atom is -0.376 e. The molecule has 0 bridgehead atoms. The fraction of sp³-hybridized carbons (Fsp3) is 0.615. The lowest BCUT2D eigenvalue weighted by atomic mass is 10.1. The predicted molar refractivity (Wildman–Crippen MR) is 75.2 cm³/mol. The lowest BCUT2D eigenvalue weighted by Gasteiger charge is -2.23. The first-order chi connectivity index (χ1) is 9.41. The summed E-state index contributed by atoms with van der Waals surface area (Å²) >= 11 is 0. The number of sulfonamides is 1. The van der Waals surface area contributed by atoms with Crippen molar-refractivity contribution < 1.29 is 13.2 Å². The normalized spacial score (nSPS) is 20.2. The van der Waals surface area contributed by atoms with Gasteiger partial charge in [-0.15, -0.1) is 0 Å². The Morgan fingerprint density at radius 3 is 2.70 bits per heavy atom. The minimum atomic E-state index is -3.52. The van der Waals surface area contributed by atoms with Gasteiger partial charge in [-0.25, -0.2) is 12.7 Å². The van der Waals surface area contributed by atoms with Crippen LogP contribution in [0, 0.1) is 0 Å². The second-order valence-corrected chi connectivity index (χ2v) is 7.28. The highest BCUT2D eigenvalue weighted by molar-refractivity contribution is 7.89. The van der Waals surface area contributed by atoms with Gasteiger partial charge in [0.1, 0.15) is 0 Å². The van der Waals surface area contributed by atoms with E-state index in [1.54, 1.807) is 0 Å². The molecule has 0 amide bonds. The largest absolute Gasteiger partial charge is 0.376 e. The molecule has 7 heteroatoms. The summed E-state index contributed by atoms with van der Waals surface area (Å²) in [6.45, 7) is 1.10. The standard InChI is InChI=1S/C13H20N2O4S/c1-14(2)20(17,18)12-6-7-13(16)15(10-12)9-11-5-3-4-8-19-11/h6-7,10-11H,3-5,8-9H2,1-2H3/t11-/m0/s1. The molecule has 1 aliphatic heterocycles. The van der Waals surface area contributed by atoms with Crippen molar-refractivity contribution in [1.29, 1.82) is 0 Å². The summed E-state index contributed by atoms with van der Waals surface area (Å²) in [5.74, 6) is 0. The Morgan fingerprint density at radius 1 is 1.35 bits per heavy atom. The number of hydrogen-bond donors (Lipinski definition) is 0. The molecule has 20 heavy (non-hydrogen) atoms. The van der Waals surface area contributed by atoms with Crippen LogP contribution >= 0.6 is 0 Å². The molecule has 1 fully saturated rings. The van der Waals surface area contributed by atoms with Crippen LogP contribution in [0.1, 0.15) is 19.3 Å². The third kappa shape index (κ3) is 3.28. The van der Waals surface area contributed by atoms with Crippen LogP contribution in [0.15, 0.2) is 28.0 Å². The fourth-order valence-corrected chi connectivity index (χ4v) is 3.11. The third-order valence-electron chi connectivity index (χ3n) is 3.41. The van der Waals surface area contributed by atoms with Gasteiger partial charge in [0.25, 0.3) is 5.56 Å². The van der Waals surface area contributed by atoms with E-state index in [1.807, 2.05) is 0 Å². The van der Waals surface area contributed by atoms with Crippen LogP contribution < -0.4 is 5.56 Å². The van der Waals surface area contributed by atoms with Crippen LogP contribution in [0.3, 0.4) is 0 Å². The van der Waals surface area contributed by atoms with Gasteiger partial charge in [-0.05, 0) is 25.3 Å². The zero-order valence-corrected chi connectivity index (χ0v) is 12.6. The molecule has 112 valence electrons. The van der Waals surface area contributed by atoms with E-state index in [1.165, 1.54) is 37.0 Å². The van der Waals surface area contributed by atoms with Gasteiger partial charge in [0, 0.05) is 33.0 Å². The molecule has 1 aliphatic rings. The van der Waals surface area contributed by atoms with Gasteiger partial charge in [0.2, 0.25) is 10.0 Å². The number of hydrogen-bond acceptors (Lipinski definition) is 4. The van der Waals surface area contributed by atoms with Crippen molar-refractivity contribution in [3.05, 3.63) is 28.7 Å². The first-order valence-electron chi connectivity index (χ1n) is 6.66. The molecule has 2 rings (SSSR count). The summed E-state index contributed by atoms with van der Waals surface area (Å²) in [5.41, 5.74) is -0.211. The van der Waals surface area contributed by atoms with Crippen molar-refractivity contribution >= 4 is 10.0 Å². The van der Waals surface area contributed by atoms with E-state index in [4.69, 9.17) is 4.74 Å². The Hall–Kier alpha value is -1.18. The van der Waals surface area contributed by atoms with Crippen molar-refractivity contribution in [2.75, 3.05) is 20.7 Å². The van der Waals surface area contributed by atoms with Gasteiger partial charge >= 0.3 is 0 Å². The molecule has 0 radical (unpaired) electrons. The average molecular weight is 300 g/mol. The summed E-state index contributed by atoms with van der Waals surface area (Å²) < 4.78 is 32.3. The summed E-state index contributed by atoms with van der Waals surface area (Å²) in [4.78, 5) is 12.0. The zero-order valence-electron chi connectivity index (χ0n) is 11.8. The SMILES string of the molecule is CN(C)S(=O)(=O)c1ccc(=O)n(C[C@@H]2CCCCO2)c1. The first-order valence-corrected chi connectivity index (χ1v) is 8.10. The maximum atomic E-state index is 12.1.